The number of rotatable bonds is 7. The fourth-order valence-corrected chi connectivity index (χ4v) is 1.53. The van der Waals surface area contributed by atoms with Gasteiger partial charge in [-0.2, -0.15) is 0 Å². The van der Waals surface area contributed by atoms with Gasteiger partial charge in [-0.3, -0.25) is 0 Å². The Bertz CT molecular complexity index is 329. The van der Waals surface area contributed by atoms with Crippen LogP contribution >= 0.6 is 0 Å². The summed E-state index contributed by atoms with van der Waals surface area (Å²) in [5, 5.41) is 11.8. The van der Waals surface area contributed by atoms with E-state index in [-0.39, 0.29) is 13.2 Å². The zero-order chi connectivity index (χ0) is 12.7. The van der Waals surface area contributed by atoms with Gasteiger partial charge < -0.3 is 24.6 Å². The molecule has 0 amide bonds. The largest absolute Gasteiger partial charge is 0.493 e. The number of ether oxygens (including phenoxy) is 3. The Morgan fingerprint density at radius 1 is 1.18 bits per heavy atom. The molecule has 0 atom stereocenters. The molecule has 5 nitrogen and oxygen atoms in total. The molecular weight excluding hydrogens is 222 g/mol. The van der Waals surface area contributed by atoms with Crippen molar-refractivity contribution in [2.75, 3.05) is 34.5 Å². The summed E-state index contributed by atoms with van der Waals surface area (Å²) in [4.78, 5) is 0. The van der Waals surface area contributed by atoms with Crippen molar-refractivity contribution < 1.29 is 19.3 Å². The molecule has 0 fully saturated rings. The minimum Gasteiger partial charge on any atom is -0.493 e. The van der Waals surface area contributed by atoms with Crippen molar-refractivity contribution >= 4 is 0 Å². The highest BCUT2D eigenvalue weighted by atomic mass is 16.5. The Balaban J connectivity index is 3.07. The molecule has 17 heavy (non-hydrogen) atoms. The molecule has 0 heterocycles. The van der Waals surface area contributed by atoms with E-state index in [2.05, 4.69) is 5.32 Å². The van der Waals surface area contributed by atoms with E-state index < -0.39 is 0 Å². The first kappa shape index (κ1) is 13.6. The van der Waals surface area contributed by atoms with Crippen molar-refractivity contribution in [2.24, 2.45) is 0 Å². The highest BCUT2D eigenvalue weighted by molar-refractivity contribution is 5.53. The molecule has 0 unspecified atom stereocenters. The van der Waals surface area contributed by atoms with Crippen LogP contribution in [0, 0.1) is 0 Å². The van der Waals surface area contributed by atoms with Gasteiger partial charge in [0.2, 0.25) is 5.75 Å². The number of methoxy groups -OCH3 is 2. The predicted molar refractivity (Wildman–Crippen MR) is 64.9 cm³/mol. The van der Waals surface area contributed by atoms with E-state index in [9.17, 15) is 0 Å². The maximum absolute atomic E-state index is 8.78. The van der Waals surface area contributed by atoms with Gasteiger partial charge in [0, 0.05) is 6.54 Å². The van der Waals surface area contributed by atoms with Crippen LogP contribution in [0.25, 0.3) is 0 Å². The lowest BCUT2D eigenvalue weighted by molar-refractivity contribution is 0.191. The van der Waals surface area contributed by atoms with E-state index in [1.807, 2.05) is 19.2 Å². The van der Waals surface area contributed by atoms with E-state index in [4.69, 9.17) is 19.3 Å². The van der Waals surface area contributed by atoms with E-state index >= 15 is 0 Å². The predicted octanol–water partition coefficient (Wildman–Crippen LogP) is 0.794. The standard InChI is InChI=1S/C12H19NO4/c1-13-8-9-6-10(15-2)12(17-5-4-14)11(7-9)16-3/h6-7,13-14H,4-5,8H2,1-3H3. The summed E-state index contributed by atoms with van der Waals surface area (Å²) in [6.45, 7) is 0.871. The van der Waals surface area contributed by atoms with Crippen molar-refractivity contribution in [1.29, 1.82) is 0 Å². The van der Waals surface area contributed by atoms with Gasteiger partial charge in [-0.15, -0.1) is 0 Å². The normalized spacial score (nSPS) is 10.1. The molecule has 96 valence electrons. The highest BCUT2D eigenvalue weighted by Crippen LogP contribution is 2.38. The van der Waals surface area contributed by atoms with Gasteiger partial charge in [-0.05, 0) is 24.7 Å². The molecule has 5 heteroatoms. The van der Waals surface area contributed by atoms with E-state index in [0.717, 1.165) is 5.56 Å². The van der Waals surface area contributed by atoms with Gasteiger partial charge in [0.15, 0.2) is 11.5 Å². The molecule has 0 aliphatic carbocycles. The lowest BCUT2D eigenvalue weighted by Crippen LogP contribution is -2.08. The van der Waals surface area contributed by atoms with Gasteiger partial charge in [-0.25, -0.2) is 0 Å². The SMILES string of the molecule is CNCc1cc(OC)c(OCCO)c(OC)c1. The lowest BCUT2D eigenvalue weighted by atomic mass is 10.2. The molecule has 0 saturated heterocycles. The molecule has 0 aromatic heterocycles. The van der Waals surface area contributed by atoms with Gasteiger partial charge in [-0.1, -0.05) is 0 Å². The number of hydrogen-bond acceptors (Lipinski definition) is 5. The van der Waals surface area contributed by atoms with Crippen LogP contribution in [-0.2, 0) is 6.54 Å². The van der Waals surface area contributed by atoms with Crippen molar-refractivity contribution in [2.45, 2.75) is 6.54 Å². The molecule has 2 N–H and O–H groups in total. The minimum absolute atomic E-state index is 0.0510. The van der Waals surface area contributed by atoms with Crippen LogP contribution in [-0.4, -0.2) is 39.6 Å². The van der Waals surface area contributed by atoms with Crippen LogP contribution in [0.3, 0.4) is 0 Å². The van der Waals surface area contributed by atoms with Gasteiger partial charge in [0.05, 0.1) is 20.8 Å². The van der Waals surface area contributed by atoms with Crippen molar-refractivity contribution in [3.8, 4) is 17.2 Å². The van der Waals surface area contributed by atoms with Gasteiger partial charge >= 0.3 is 0 Å². The molecule has 1 aromatic rings. The van der Waals surface area contributed by atoms with E-state index in [0.29, 0.717) is 23.8 Å². The molecule has 0 bridgehead atoms. The van der Waals surface area contributed by atoms with Crippen LogP contribution in [0.15, 0.2) is 12.1 Å². The fourth-order valence-electron chi connectivity index (χ4n) is 1.53. The van der Waals surface area contributed by atoms with Crippen LogP contribution in [0.1, 0.15) is 5.56 Å². The van der Waals surface area contributed by atoms with Crippen LogP contribution in [0.5, 0.6) is 17.2 Å². The van der Waals surface area contributed by atoms with E-state index in [1.165, 1.54) is 0 Å². The maximum atomic E-state index is 8.78. The third-order valence-electron chi connectivity index (χ3n) is 2.24. The third-order valence-corrected chi connectivity index (χ3v) is 2.24. The molecule has 0 radical (unpaired) electrons. The second-order valence-electron chi connectivity index (χ2n) is 3.43. The first-order chi connectivity index (χ1) is 8.26. The first-order valence-electron chi connectivity index (χ1n) is 5.40. The summed E-state index contributed by atoms with van der Waals surface area (Å²) in [5.74, 6) is 1.72. The average Bonchev–Trinajstić information content (AvgIpc) is 2.36. The molecule has 0 saturated carbocycles. The molecular formula is C12H19NO4. The monoisotopic (exact) mass is 241 g/mol. The summed E-state index contributed by atoms with van der Waals surface area (Å²) in [6.07, 6.45) is 0. The number of benzene rings is 1. The molecule has 0 aliphatic heterocycles. The number of nitrogens with one attached hydrogen (secondary N) is 1. The number of hydrogen-bond donors (Lipinski definition) is 2. The molecule has 1 aromatic carbocycles. The van der Waals surface area contributed by atoms with E-state index in [1.54, 1.807) is 14.2 Å². The summed E-state index contributed by atoms with van der Waals surface area (Å²) in [5.41, 5.74) is 1.04. The fraction of sp³-hybridized carbons (Fsp3) is 0.500. The van der Waals surface area contributed by atoms with Crippen molar-refractivity contribution in [1.82, 2.24) is 5.32 Å². The number of aliphatic hydroxyl groups is 1. The van der Waals surface area contributed by atoms with Crippen LogP contribution < -0.4 is 19.5 Å². The topological polar surface area (TPSA) is 60.0 Å². The summed E-state index contributed by atoms with van der Waals surface area (Å²) >= 11 is 0. The molecule has 0 spiro atoms. The van der Waals surface area contributed by atoms with Gasteiger partial charge in [0.1, 0.15) is 6.61 Å². The van der Waals surface area contributed by atoms with Gasteiger partial charge in [0.25, 0.3) is 0 Å². The van der Waals surface area contributed by atoms with Crippen LogP contribution in [0.2, 0.25) is 0 Å². The summed E-state index contributed by atoms with van der Waals surface area (Å²) in [6, 6.07) is 3.76. The second-order valence-corrected chi connectivity index (χ2v) is 3.43. The maximum Gasteiger partial charge on any atom is 0.203 e. The summed E-state index contributed by atoms with van der Waals surface area (Å²) < 4.78 is 15.9. The second kappa shape index (κ2) is 6.98. The molecule has 0 aliphatic rings. The Labute approximate surface area is 101 Å². The Morgan fingerprint density at radius 3 is 2.18 bits per heavy atom. The first-order valence-corrected chi connectivity index (χ1v) is 5.40. The number of aliphatic hydroxyl groups excluding tert-OH is 1. The van der Waals surface area contributed by atoms with Crippen molar-refractivity contribution in [3.63, 3.8) is 0 Å². The average molecular weight is 241 g/mol. The zero-order valence-electron chi connectivity index (χ0n) is 10.4. The van der Waals surface area contributed by atoms with Crippen LogP contribution in [0.4, 0.5) is 0 Å². The Kier molecular flexibility index (Phi) is 5.59. The summed E-state index contributed by atoms with van der Waals surface area (Å²) in [7, 11) is 5.02. The quantitative estimate of drug-likeness (QED) is 0.739. The lowest BCUT2D eigenvalue weighted by Gasteiger charge is -2.15. The molecule has 1 rings (SSSR count). The smallest absolute Gasteiger partial charge is 0.203 e. The highest BCUT2D eigenvalue weighted by Gasteiger charge is 2.13. The minimum atomic E-state index is -0.0510. The third kappa shape index (κ3) is 3.51. The zero-order valence-corrected chi connectivity index (χ0v) is 10.4. The Morgan fingerprint density at radius 2 is 1.76 bits per heavy atom. The van der Waals surface area contributed by atoms with Crippen molar-refractivity contribution in [3.05, 3.63) is 17.7 Å². The Hall–Kier alpha value is -1.46.